The number of aliphatic hydroxyl groups excluding tert-OH is 4. The van der Waals surface area contributed by atoms with Crippen molar-refractivity contribution in [2.24, 2.45) is 17.8 Å². The Bertz CT molecular complexity index is 2700. The zero-order valence-electron chi connectivity index (χ0n) is 82.9. The van der Waals surface area contributed by atoms with Crippen LogP contribution in [0.1, 0.15) is 381 Å². The monoisotopic (exact) mass is 1800 g/mol. The highest BCUT2D eigenvalue weighted by atomic mass is 32.2. The number of morpholine rings is 2. The van der Waals surface area contributed by atoms with Gasteiger partial charge in [0, 0.05) is 147 Å². The summed E-state index contributed by atoms with van der Waals surface area (Å²) in [6.07, 6.45) is 44.6. The van der Waals surface area contributed by atoms with Crippen LogP contribution < -0.4 is 47.9 Å². The van der Waals surface area contributed by atoms with Crippen LogP contribution in [0, 0.1) is 17.8 Å². The van der Waals surface area contributed by atoms with Crippen LogP contribution in [-0.4, -0.2) is 280 Å². The Labute approximate surface area is 761 Å². The molecule has 0 amide bonds. The third-order valence-electron chi connectivity index (χ3n) is 27.2. The highest BCUT2D eigenvalue weighted by Gasteiger charge is 2.40. The number of esters is 1. The first-order valence-corrected chi connectivity index (χ1v) is 55.0. The molecule has 124 heavy (non-hydrogen) atoms. The van der Waals surface area contributed by atoms with Gasteiger partial charge >= 0.3 is 5.97 Å². The van der Waals surface area contributed by atoms with Gasteiger partial charge < -0.3 is 82.5 Å². The van der Waals surface area contributed by atoms with Gasteiger partial charge in [0.25, 0.3) is 0 Å². The van der Waals surface area contributed by atoms with E-state index in [2.05, 4.69) is 182 Å². The number of carbonyl (C=O) groups is 1. The third-order valence-corrected chi connectivity index (χ3v) is 32.1. The van der Waals surface area contributed by atoms with Gasteiger partial charge in [0.05, 0.1) is 85.9 Å². The first kappa shape index (κ1) is 113. The molecule has 13 rings (SSSR count). The molecular weight excluding hydrogens is 1600 g/mol. The SMILES string of the molecule is CC(C)NC1CCC(CS(=O)(=O)C2CC2)CC1.CC(C)NC1CCC(CS(=O)(=O)C2CC2)CC1.CC(C)NC1CCC(N2CCOCC2)CC1.CC(C)NC1CCC(N2CCOCC2)CC1.CC(C)NC1CCC(O)CC1.CC(C)NC1CCC(O)CC1.CC(C)N[C@H]1CCC[C@@H](O)C1.CC(C)N[C@H]1CCC[C@H](O)C1.COC(=O)[C@@H]1CCC[C@H](NC(C)C)C1. The van der Waals surface area contributed by atoms with E-state index in [0.717, 1.165) is 250 Å². The molecule has 23 nitrogen and oxygen atoms in total. The van der Waals surface area contributed by atoms with Gasteiger partial charge in [-0.05, 0) is 262 Å². The van der Waals surface area contributed by atoms with Gasteiger partial charge in [0.15, 0.2) is 19.7 Å². The number of hydrogen-bond acceptors (Lipinski definition) is 23. The molecule has 2 aliphatic heterocycles. The molecule has 0 radical (unpaired) electrons. The molecule has 6 atom stereocenters. The Kier molecular flexibility index (Phi) is 56.9. The quantitative estimate of drug-likeness (QED) is 0.0340. The van der Waals surface area contributed by atoms with Gasteiger partial charge in [0.2, 0.25) is 0 Å². The van der Waals surface area contributed by atoms with E-state index in [1.165, 1.54) is 90.6 Å². The standard InChI is InChI=1S/2C13H26N2O.2C13H25NO2S.C11H21NO2.4C9H19NO/c2*1-11(2)14-12-3-5-13(6-4-12)15-7-9-16-10-8-15;2*1-10(2)14-12-5-3-11(4-6-12)9-17(15,16)13-7-8-13;1-8(2)12-10-6-4-5-9(7-10)11(13)14-3;2*1-7(2)10-8-3-5-9(11)6-4-8;2*1-7(2)10-8-4-3-5-9(11)6-8/h2*11-14H,3-10H2,1-2H3;2*10-14H,3-9H2,1-2H3;8-10,12H,4-7H2,1-3H3;4*7-11H,3-6H2,1-2H3/t;;;;9-,10+;;;8-,9+;8-,9-/m....1..00/s1. The Morgan fingerprint density at radius 3 is 0.774 bits per heavy atom. The van der Waals surface area contributed by atoms with Crippen molar-refractivity contribution in [2.75, 3.05) is 71.2 Å². The molecule has 13 fully saturated rings. The maximum Gasteiger partial charge on any atom is 0.308 e. The fraction of sp³-hybridized carbons (Fsp3) is 0.990. The molecule has 0 bridgehead atoms. The van der Waals surface area contributed by atoms with Crippen LogP contribution >= 0.6 is 0 Å². The molecule has 13 aliphatic rings. The molecule has 13 N–H and O–H groups in total. The van der Waals surface area contributed by atoms with Crippen molar-refractivity contribution in [3.63, 3.8) is 0 Å². The highest BCUT2D eigenvalue weighted by Crippen LogP contribution is 2.36. The first-order chi connectivity index (χ1) is 58.8. The summed E-state index contributed by atoms with van der Waals surface area (Å²) in [7, 11) is -4.02. The Morgan fingerprint density at radius 1 is 0.298 bits per heavy atom. The van der Waals surface area contributed by atoms with E-state index >= 15 is 0 Å². The van der Waals surface area contributed by atoms with Crippen molar-refractivity contribution in [1.82, 2.24) is 57.7 Å². The third kappa shape index (κ3) is 51.8. The molecule has 0 aromatic carbocycles. The molecule has 2 heterocycles. The average molecular weight is 1800 g/mol. The Hall–Kier alpha value is -1.31. The van der Waals surface area contributed by atoms with E-state index in [-0.39, 0.29) is 46.8 Å². The molecule has 2 saturated heterocycles. The number of aliphatic hydroxyl groups is 4. The number of ether oxygens (including phenoxy) is 3. The Balaban J connectivity index is 0.000000249. The van der Waals surface area contributed by atoms with Crippen molar-refractivity contribution in [2.45, 2.75) is 537 Å². The van der Waals surface area contributed by atoms with Gasteiger partial charge in [-0.3, -0.25) is 14.6 Å². The molecule has 25 heteroatoms. The molecule has 11 aliphatic carbocycles. The van der Waals surface area contributed by atoms with Crippen LogP contribution in [0.4, 0.5) is 0 Å². The van der Waals surface area contributed by atoms with Crippen molar-refractivity contribution in [1.29, 1.82) is 0 Å². The summed E-state index contributed by atoms with van der Waals surface area (Å²) >= 11 is 0. The number of nitrogens with one attached hydrogen (secondary N) is 9. The number of sulfone groups is 2. The predicted octanol–water partition coefficient (Wildman–Crippen LogP) is 14.4. The summed E-state index contributed by atoms with van der Waals surface area (Å²) in [4.78, 5) is 16.6. The van der Waals surface area contributed by atoms with Gasteiger partial charge in [-0.1, -0.05) is 131 Å². The summed E-state index contributed by atoms with van der Waals surface area (Å²) in [5.74, 6) is 1.82. The minimum atomic E-state index is -2.75. The lowest BCUT2D eigenvalue weighted by molar-refractivity contribution is -0.146. The van der Waals surface area contributed by atoms with Gasteiger partial charge in [-0.15, -0.1) is 0 Å². The van der Waals surface area contributed by atoms with Gasteiger partial charge in [0.1, 0.15) is 0 Å². The van der Waals surface area contributed by atoms with E-state index < -0.39 is 19.7 Å². The average Bonchev–Trinajstić information content (AvgIpc) is 1.68. The zero-order chi connectivity index (χ0) is 91.3. The van der Waals surface area contributed by atoms with Gasteiger partial charge in [-0.2, -0.15) is 0 Å². The molecule has 0 unspecified atom stereocenters. The van der Waals surface area contributed by atoms with Crippen molar-refractivity contribution in [3.05, 3.63) is 0 Å². The van der Waals surface area contributed by atoms with E-state index in [9.17, 15) is 42.1 Å². The topological polar surface area (TPSA) is 309 Å². The molecule has 0 spiro atoms. The summed E-state index contributed by atoms with van der Waals surface area (Å²) < 4.78 is 63.2. The maximum absolute atomic E-state index is 11.9. The second-order valence-electron chi connectivity index (χ2n) is 42.8. The number of rotatable bonds is 27. The summed E-state index contributed by atoms with van der Waals surface area (Å²) in [6.45, 7) is 47.6. The zero-order valence-corrected chi connectivity index (χ0v) is 84.5. The number of methoxy groups -OCH3 is 1. The molecule has 0 aromatic rings. The van der Waals surface area contributed by atoms with E-state index in [1.807, 2.05) is 0 Å². The minimum Gasteiger partial charge on any atom is -0.469 e. The fourth-order valence-electron chi connectivity index (χ4n) is 21.0. The van der Waals surface area contributed by atoms with Crippen LogP contribution in [0.3, 0.4) is 0 Å². The van der Waals surface area contributed by atoms with Crippen molar-refractivity contribution < 1.29 is 56.3 Å². The highest BCUT2D eigenvalue weighted by molar-refractivity contribution is 7.92. The molecular formula is C99H199N11O12S2. The van der Waals surface area contributed by atoms with E-state index in [4.69, 9.17) is 14.2 Å². The predicted molar refractivity (Wildman–Crippen MR) is 517 cm³/mol. The first-order valence-electron chi connectivity index (χ1n) is 51.5. The fourth-order valence-corrected chi connectivity index (χ4v) is 25.2. The number of hydrogen-bond donors (Lipinski definition) is 13. The lowest BCUT2D eigenvalue weighted by atomic mass is 9.85. The Morgan fingerprint density at radius 2 is 0.532 bits per heavy atom. The minimum absolute atomic E-state index is 0.0222. The van der Waals surface area contributed by atoms with Crippen molar-refractivity contribution in [3.8, 4) is 0 Å². The maximum atomic E-state index is 11.9. The summed E-state index contributed by atoms with van der Waals surface area (Å²) in [5.41, 5.74) is 0. The number of nitrogens with zero attached hydrogens (tertiary/aromatic N) is 2. The molecule has 0 aromatic heterocycles. The molecule has 11 saturated carbocycles. The normalized spacial score (nSPS) is 31.7. The van der Waals surface area contributed by atoms with Crippen LogP contribution in [0.25, 0.3) is 0 Å². The van der Waals surface area contributed by atoms with Crippen LogP contribution in [-0.2, 0) is 38.7 Å². The second-order valence-corrected chi connectivity index (χ2v) is 47.5. The van der Waals surface area contributed by atoms with E-state index in [1.54, 1.807) is 0 Å². The van der Waals surface area contributed by atoms with Crippen LogP contribution in [0.2, 0.25) is 0 Å². The summed E-state index contributed by atoms with van der Waals surface area (Å²) in [5, 5.41) is 69.0. The largest absolute Gasteiger partial charge is 0.469 e. The number of carbonyl (C=O) groups excluding carboxylic acids is 1. The van der Waals surface area contributed by atoms with Gasteiger partial charge in [-0.25, -0.2) is 16.8 Å². The lowest BCUT2D eigenvalue weighted by Gasteiger charge is -2.39. The summed E-state index contributed by atoms with van der Waals surface area (Å²) in [6, 6.07) is 12.4. The van der Waals surface area contributed by atoms with Crippen molar-refractivity contribution >= 4 is 25.6 Å². The smallest absolute Gasteiger partial charge is 0.308 e. The van der Waals surface area contributed by atoms with E-state index in [0.29, 0.717) is 120 Å². The van der Waals surface area contributed by atoms with Crippen LogP contribution in [0.5, 0.6) is 0 Å². The van der Waals surface area contributed by atoms with Crippen LogP contribution in [0.15, 0.2) is 0 Å². The second kappa shape index (κ2) is 62.3. The lowest BCUT2D eigenvalue weighted by Crippen LogP contribution is -2.47. The molecule has 734 valence electrons.